The van der Waals surface area contributed by atoms with Gasteiger partial charge in [-0.1, -0.05) is 265 Å². The van der Waals surface area contributed by atoms with Crippen LogP contribution in [-0.2, 0) is 39.7 Å². The van der Waals surface area contributed by atoms with Crippen LogP contribution in [0.5, 0.6) is 5.75 Å². The Morgan fingerprint density at radius 1 is 0.336 bits per heavy atom. The monoisotopic (exact) mass is 2380 g/mol. The largest absolute Gasteiger partial charge is 0.744 e. The Bertz CT molecular complexity index is 7290. The predicted molar refractivity (Wildman–Crippen MR) is 519 cm³/mol. The Morgan fingerprint density at radius 3 is 1.14 bits per heavy atom. The van der Waals surface area contributed by atoms with E-state index in [4.69, 9.17) is 27.9 Å². The van der Waals surface area contributed by atoms with E-state index in [1.54, 1.807) is 42.5 Å². The number of aryl methyl sites for hydroxylation is 2. The highest BCUT2D eigenvalue weighted by Gasteiger charge is 2.30. The van der Waals surface area contributed by atoms with E-state index in [0.29, 0.717) is 5.56 Å². The van der Waals surface area contributed by atoms with Gasteiger partial charge < -0.3 is 29.0 Å². The molecule has 0 unspecified atom stereocenters. The van der Waals surface area contributed by atoms with Crippen LogP contribution in [0.15, 0.2) is 450 Å². The first-order chi connectivity index (χ1) is 66.1. The first-order valence-corrected chi connectivity index (χ1v) is 56.0. The average molecular weight is 2380 g/mol. The number of ketones is 3. The molecule has 20 rings (SSSR count). The van der Waals surface area contributed by atoms with E-state index in [-0.39, 0.29) is 135 Å². The van der Waals surface area contributed by atoms with Crippen LogP contribution < -0.4 is 100 Å². The van der Waals surface area contributed by atoms with Crippen LogP contribution in [0.25, 0.3) is 43.1 Å². The Labute approximate surface area is 851 Å². The molecule has 0 heterocycles. The number of fused-ring (bicyclic) bond motifs is 3. The molecule has 1 N–H and O–H groups in total. The Morgan fingerprint density at radius 2 is 0.708 bits per heavy atom. The fourth-order valence-corrected chi connectivity index (χ4v) is 24.8. The molecule has 1 aliphatic carbocycles. The molecule has 27 heteroatoms. The molecule has 19 aromatic rings. The summed E-state index contributed by atoms with van der Waals surface area (Å²) >= 11 is 12.5. The molecular formula is C110H81Cl2I4NO16S4. The number of benzene rings is 19. The van der Waals surface area contributed by atoms with E-state index in [1.165, 1.54) is 89.3 Å². The van der Waals surface area contributed by atoms with Gasteiger partial charge >= 0.3 is 84.8 Å². The maximum atomic E-state index is 12.3. The van der Waals surface area contributed by atoms with E-state index >= 15 is 0 Å². The number of carbonyl (C=O) groups excluding carboxylic acids is 3. The van der Waals surface area contributed by atoms with Crippen LogP contribution in [0.4, 0.5) is 11.4 Å². The minimum absolute atomic E-state index is 0.00313. The highest BCUT2D eigenvalue weighted by atomic mass is 127. The summed E-state index contributed by atoms with van der Waals surface area (Å²) < 4.78 is 121. The quantitative estimate of drug-likeness (QED) is 0.0150. The van der Waals surface area contributed by atoms with Crippen molar-refractivity contribution in [2.24, 2.45) is 0 Å². The van der Waals surface area contributed by atoms with E-state index in [9.17, 15) is 58.6 Å². The second-order valence-corrected chi connectivity index (χ2v) is 47.6. The molecule has 0 amide bonds. The summed E-state index contributed by atoms with van der Waals surface area (Å²) in [7, 11) is -12.6. The zero-order chi connectivity index (χ0) is 96.9. The lowest BCUT2D eigenvalue weighted by Crippen LogP contribution is -3.61. The molecule has 0 bridgehead atoms. The van der Waals surface area contributed by atoms with Gasteiger partial charge in [0.05, 0.1) is 33.8 Å². The number of methoxy groups -OCH3 is 1. The maximum absolute atomic E-state index is 12.3. The third-order valence-corrected chi connectivity index (χ3v) is 34.5. The molecular weight excluding hydrogens is 2300 g/mol. The van der Waals surface area contributed by atoms with Gasteiger partial charge in [-0.05, 0) is 252 Å². The molecule has 19 aromatic carbocycles. The molecule has 0 saturated heterocycles. The van der Waals surface area contributed by atoms with E-state index < -0.39 is 45.9 Å². The molecule has 137 heavy (non-hydrogen) atoms. The molecule has 688 valence electrons. The van der Waals surface area contributed by atoms with Crippen LogP contribution >= 0.6 is 35.2 Å². The second-order valence-electron chi connectivity index (χ2n) is 29.7. The van der Waals surface area contributed by atoms with Crippen molar-refractivity contribution in [3.8, 4) is 5.75 Å². The maximum Gasteiger partial charge on any atom is 0.357 e. The SMILES string of the molecule is COc1ccc(C(=O)c2ccccc2)cc1S(=O)(=O)[O-].Cc1ccc([I+]c2ccc(C)cc2)cc1.Clc1ccc([I+]c2ccc(Cl)cc2)cc1.O=C1c2ccccc2C(=O)c2cc(S(=O)(=O)[O-])ccc21.O=S(=O)([O-])c1cc2ccc3cccc4ccc(c1)c2c34.[O-]OOSc1ccc2cccc(Nc3ccccc3)c2c1.c1ccc([I+]c2ccccc2)cc1.c1ccc([I+]c2ccccc2)cc1. The van der Waals surface area contributed by atoms with Gasteiger partial charge in [0.15, 0.2) is 45.9 Å². The van der Waals surface area contributed by atoms with E-state index in [2.05, 4.69) is 223 Å². The number of anilines is 2. The number of hydrogen-bond acceptors (Lipinski definition) is 18. The van der Waals surface area contributed by atoms with Crippen molar-refractivity contribution in [2.75, 3.05) is 12.4 Å². The predicted octanol–water partition coefficient (Wildman–Crippen LogP) is 11.7. The molecule has 1 aliphatic rings. The van der Waals surface area contributed by atoms with Gasteiger partial charge in [0.25, 0.3) is 0 Å². The minimum atomic E-state index is -4.71. The lowest BCUT2D eigenvalue weighted by molar-refractivity contribution is -0.777. The molecule has 0 saturated carbocycles. The zero-order valence-corrected chi connectivity index (χ0v) is 86.3. The van der Waals surface area contributed by atoms with Gasteiger partial charge in [-0.2, -0.15) is 4.33 Å². The summed E-state index contributed by atoms with van der Waals surface area (Å²) in [6.45, 7) is 4.27. The summed E-state index contributed by atoms with van der Waals surface area (Å²) in [4.78, 5) is 36.3. The second kappa shape index (κ2) is 50.2. The zero-order valence-electron chi connectivity index (χ0n) is 72.9. The van der Waals surface area contributed by atoms with Gasteiger partial charge in [-0.15, -0.1) is 0 Å². The number of nitrogens with one attached hydrogen (secondary N) is 1. The fraction of sp³-hybridized carbons (Fsp3) is 0.0273. The number of halogens is 6. The van der Waals surface area contributed by atoms with Crippen LogP contribution in [0.3, 0.4) is 0 Å². The molecule has 0 aliphatic heterocycles. The van der Waals surface area contributed by atoms with Crippen LogP contribution in [0.2, 0.25) is 10.0 Å². The van der Waals surface area contributed by atoms with Crippen molar-refractivity contribution in [3.63, 3.8) is 0 Å². The highest BCUT2D eigenvalue weighted by molar-refractivity contribution is 7.94. The van der Waals surface area contributed by atoms with Gasteiger partial charge in [-0.3, -0.25) is 19.4 Å². The van der Waals surface area contributed by atoms with Gasteiger partial charge in [0.2, 0.25) is 0 Å². The Hall–Kier alpha value is -11.5. The van der Waals surface area contributed by atoms with Crippen molar-refractivity contribution in [1.29, 1.82) is 0 Å². The third kappa shape index (κ3) is 30.3. The van der Waals surface area contributed by atoms with Gasteiger partial charge in [-0.25, -0.2) is 25.3 Å². The topological polar surface area (TPSA) is 286 Å². The number of ether oxygens (including phenoxy) is 1. The van der Waals surface area contributed by atoms with Crippen molar-refractivity contribution in [3.05, 3.63) is 514 Å². The van der Waals surface area contributed by atoms with Crippen molar-refractivity contribution in [2.45, 2.75) is 33.4 Å². The smallest absolute Gasteiger partial charge is 0.357 e. The number of rotatable bonds is 19. The van der Waals surface area contributed by atoms with E-state index in [0.717, 1.165) is 99.6 Å². The van der Waals surface area contributed by atoms with Crippen LogP contribution in [-0.4, -0.2) is 63.4 Å². The lowest BCUT2D eigenvalue weighted by Gasteiger charge is -2.18. The molecule has 0 aromatic heterocycles. The number of hydrogen-bond donors (Lipinski definition) is 1. The summed E-state index contributed by atoms with van der Waals surface area (Å²) in [5.74, 6) is -1.26. The Balaban J connectivity index is 0.000000133. The van der Waals surface area contributed by atoms with E-state index in [1.807, 2.05) is 133 Å². The number of para-hydroxylation sites is 1. The lowest BCUT2D eigenvalue weighted by atomic mass is 9.84. The van der Waals surface area contributed by atoms with Gasteiger partial charge in [0.1, 0.15) is 36.1 Å². The summed E-state index contributed by atoms with van der Waals surface area (Å²) in [6.07, 6.45) is 0. The Kier molecular flexibility index (Phi) is 37.7. The van der Waals surface area contributed by atoms with Crippen molar-refractivity contribution < 1.29 is 157 Å². The first-order valence-electron chi connectivity index (χ1n) is 41.7. The third-order valence-electron chi connectivity index (χ3n) is 20.1. The van der Waals surface area contributed by atoms with Crippen LogP contribution in [0, 0.1) is 42.4 Å². The van der Waals surface area contributed by atoms with Crippen molar-refractivity contribution >= 4 is 137 Å². The normalized spacial score (nSPS) is 11.2. The fourth-order valence-electron chi connectivity index (χ4n) is 13.6. The molecule has 17 nitrogen and oxygen atoms in total. The number of carbonyl (C=O) groups is 3. The van der Waals surface area contributed by atoms with Crippen molar-refractivity contribution in [1.82, 2.24) is 0 Å². The molecule has 0 atom stereocenters. The van der Waals surface area contributed by atoms with Crippen LogP contribution in [0.1, 0.15) is 58.9 Å². The summed E-state index contributed by atoms with van der Waals surface area (Å²) in [6, 6.07) is 137. The molecule has 0 radical (unpaired) electrons. The van der Waals surface area contributed by atoms with Gasteiger partial charge in [0, 0.05) is 65.1 Å². The highest BCUT2D eigenvalue weighted by Crippen LogP contribution is 2.37. The standard InChI is InChI=1S/C16H13NO3S.C16H10O3S.C14H14I.C14H8O5S.C14H12O5S.C12H8Cl2I.2C12H10I/c18-19-20-21-14-10-9-12-5-4-8-16(15(12)11-14)17-13-6-2-1-3-7-13;17-20(18,19)14-8-12-6-4-10-2-1-3-11-5-7-13(9-14)16(12)15(10)11;1-11-3-7-13(8-4-11)15-14-9-5-12(2)6-10-14;15-13-9-3-1-2-4-10(9)14(16)12-7-8(20(17,18)19)5-6-11(12)13;1-19-12-8-7-11(9-13(12)20(16,17)18)14(15)10-5-3-2-4-6-10;13-9-1-5-11(6-2-9)15-12-7-3-10(14)4-8-12;2*1-3-7-11(8-4-1)13-12-9-5-2-6-10-12/h1-11,17-18H;1-9H,(H,17,18,19);3-10H,1-2H3;1-7H,(H,17,18,19);2-9H,1H3,(H,16,17,18);1-8H;2*1-10H/q;;+1;;;3*+1/p-4. The minimum Gasteiger partial charge on any atom is -0.744 e. The first kappa shape index (κ1) is 103. The molecule has 0 fully saturated rings. The average Bonchev–Trinajstić information content (AvgIpc) is 0.749. The summed E-state index contributed by atoms with van der Waals surface area (Å²) in [5.41, 5.74) is 5.77. The molecule has 0 spiro atoms. The summed E-state index contributed by atoms with van der Waals surface area (Å²) in [5, 5.41) is 26.3.